The van der Waals surface area contributed by atoms with Crippen LogP contribution in [0.25, 0.3) is 0 Å². The van der Waals surface area contributed by atoms with Crippen LogP contribution in [0.5, 0.6) is 5.75 Å². The maximum atomic E-state index is 12.1. The summed E-state index contributed by atoms with van der Waals surface area (Å²) in [5, 5.41) is 11.8. The van der Waals surface area contributed by atoms with Crippen LogP contribution >= 0.6 is 0 Å². The molecule has 0 aliphatic heterocycles. The van der Waals surface area contributed by atoms with Crippen molar-refractivity contribution >= 4 is 11.9 Å². The van der Waals surface area contributed by atoms with Gasteiger partial charge in [0.05, 0.1) is 12.5 Å². The second-order valence-electron chi connectivity index (χ2n) is 4.98. The number of carbonyl (C=O) groups excluding carboxylic acids is 1. The Kier molecular flexibility index (Phi) is 4.61. The lowest BCUT2D eigenvalue weighted by atomic mass is 10.1. The van der Waals surface area contributed by atoms with Gasteiger partial charge in [-0.05, 0) is 44.4 Å². The highest BCUT2D eigenvalue weighted by atomic mass is 16.5. The Morgan fingerprint density at radius 1 is 1.40 bits per heavy atom. The molecule has 0 radical (unpaired) electrons. The molecule has 0 saturated heterocycles. The predicted molar refractivity (Wildman–Crippen MR) is 73.8 cm³/mol. The minimum absolute atomic E-state index is 0.0562. The van der Waals surface area contributed by atoms with Crippen LogP contribution in [0, 0.1) is 5.92 Å². The molecule has 0 unspecified atom stereocenters. The van der Waals surface area contributed by atoms with Gasteiger partial charge < -0.3 is 15.2 Å². The standard InChI is InChI=1S/C15H19NO4/c1-2-20-13-5-3-4-10(9-13)14(17)16-12-7-6-11(8-12)15(18)19/h3-5,9,11-12H,2,6-8H2,1H3,(H,16,17)(H,18,19)/t11-,12+/m0/s1. The molecule has 1 aromatic carbocycles. The Labute approximate surface area is 117 Å². The molecule has 0 aromatic heterocycles. The lowest BCUT2D eigenvalue weighted by Gasteiger charge is -2.13. The normalized spacial score (nSPS) is 21.4. The Bertz CT molecular complexity index is 500. The van der Waals surface area contributed by atoms with E-state index in [4.69, 9.17) is 9.84 Å². The van der Waals surface area contributed by atoms with Gasteiger partial charge in [-0.1, -0.05) is 6.07 Å². The zero-order valence-corrected chi connectivity index (χ0v) is 11.5. The summed E-state index contributed by atoms with van der Waals surface area (Å²) >= 11 is 0. The average molecular weight is 277 g/mol. The van der Waals surface area contributed by atoms with E-state index in [1.54, 1.807) is 24.3 Å². The van der Waals surface area contributed by atoms with Crippen molar-refractivity contribution in [3.8, 4) is 5.75 Å². The lowest BCUT2D eigenvalue weighted by Crippen LogP contribution is -2.33. The Morgan fingerprint density at radius 2 is 2.20 bits per heavy atom. The molecule has 0 bridgehead atoms. The first-order valence-electron chi connectivity index (χ1n) is 6.86. The summed E-state index contributed by atoms with van der Waals surface area (Å²) in [6, 6.07) is 6.94. The first-order chi connectivity index (χ1) is 9.60. The summed E-state index contributed by atoms with van der Waals surface area (Å²) in [6.07, 6.45) is 1.85. The van der Waals surface area contributed by atoms with E-state index in [1.165, 1.54) is 0 Å². The van der Waals surface area contributed by atoms with Crippen LogP contribution in [0.15, 0.2) is 24.3 Å². The molecule has 1 aliphatic carbocycles. The number of ether oxygens (including phenoxy) is 1. The highest BCUT2D eigenvalue weighted by Crippen LogP contribution is 2.26. The Balaban J connectivity index is 1.95. The molecule has 1 amide bonds. The molecule has 0 spiro atoms. The first kappa shape index (κ1) is 14.4. The number of carbonyl (C=O) groups is 2. The zero-order valence-electron chi connectivity index (χ0n) is 11.5. The molecule has 2 N–H and O–H groups in total. The van der Waals surface area contributed by atoms with E-state index < -0.39 is 5.97 Å². The van der Waals surface area contributed by atoms with Crippen LogP contribution in [0.1, 0.15) is 36.5 Å². The van der Waals surface area contributed by atoms with E-state index in [9.17, 15) is 9.59 Å². The van der Waals surface area contributed by atoms with Crippen molar-refractivity contribution < 1.29 is 19.4 Å². The minimum atomic E-state index is -0.778. The van der Waals surface area contributed by atoms with Gasteiger partial charge in [-0.3, -0.25) is 9.59 Å². The molecule has 108 valence electrons. The van der Waals surface area contributed by atoms with Gasteiger partial charge in [-0.15, -0.1) is 0 Å². The second kappa shape index (κ2) is 6.41. The third-order valence-electron chi connectivity index (χ3n) is 3.52. The van der Waals surface area contributed by atoms with Gasteiger partial charge >= 0.3 is 5.97 Å². The van der Waals surface area contributed by atoms with E-state index in [0.717, 1.165) is 0 Å². The summed E-state index contributed by atoms with van der Waals surface area (Å²) in [5.41, 5.74) is 0.537. The van der Waals surface area contributed by atoms with Crippen molar-refractivity contribution in [2.45, 2.75) is 32.2 Å². The summed E-state index contributed by atoms with van der Waals surface area (Å²) in [6.45, 7) is 2.44. The molecule has 2 atom stereocenters. The number of hydrogen-bond acceptors (Lipinski definition) is 3. The smallest absolute Gasteiger partial charge is 0.306 e. The summed E-state index contributed by atoms with van der Waals surface area (Å²) in [5.74, 6) is -0.632. The van der Waals surface area contributed by atoms with Crippen LogP contribution in [-0.4, -0.2) is 29.6 Å². The Hall–Kier alpha value is -2.04. The molecule has 1 saturated carbocycles. The first-order valence-corrected chi connectivity index (χ1v) is 6.86. The fraction of sp³-hybridized carbons (Fsp3) is 0.467. The number of amides is 1. The number of hydrogen-bond donors (Lipinski definition) is 2. The lowest BCUT2D eigenvalue weighted by molar-refractivity contribution is -0.141. The van der Waals surface area contributed by atoms with Crippen molar-refractivity contribution in [3.05, 3.63) is 29.8 Å². The van der Waals surface area contributed by atoms with E-state index in [0.29, 0.717) is 37.2 Å². The highest BCUT2D eigenvalue weighted by molar-refractivity contribution is 5.94. The van der Waals surface area contributed by atoms with Crippen molar-refractivity contribution in [2.75, 3.05) is 6.61 Å². The van der Waals surface area contributed by atoms with Gasteiger partial charge in [-0.25, -0.2) is 0 Å². The monoisotopic (exact) mass is 277 g/mol. The molecule has 1 aromatic rings. The zero-order chi connectivity index (χ0) is 14.5. The number of carboxylic acid groups (broad SMARTS) is 1. The topological polar surface area (TPSA) is 75.6 Å². The molecule has 0 heterocycles. The molecule has 1 fully saturated rings. The van der Waals surface area contributed by atoms with Crippen molar-refractivity contribution in [2.24, 2.45) is 5.92 Å². The molecular formula is C15H19NO4. The summed E-state index contributed by atoms with van der Waals surface area (Å²) in [7, 11) is 0. The van der Waals surface area contributed by atoms with Crippen LogP contribution in [0.2, 0.25) is 0 Å². The fourth-order valence-electron chi connectivity index (χ4n) is 2.50. The van der Waals surface area contributed by atoms with E-state index in [-0.39, 0.29) is 17.9 Å². The minimum Gasteiger partial charge on any atom is -0.494 e. The van der Waals surface area contributed by atoms with Crippen molar-refractivity contribution in [1.29, 1.82) is 0 Å². The van der Waals surface area contributed by atoms with Crippen molar-refractivity contribution in [1.82, 2.24) is 5.32 Å². The number of aliphatic carboxylic acids is 1. The van der Waals surface area contributed by atoms with Crippen LogP contribution in [0.3, 0.4) is 0 Å². The van der Waals surface area contributed by atoms with Crippen LogP contribution in [0.4, 0.5) is 0 Å². The summed E-state index contributed by atoms with van der Waals surface area (Å²) < 4.78 is 5.36. The third-order valence-corrected chi connectivity index (χ3v) is 3.52. The maximum absolute atomic E-state index is 12.1. The molecular weight excluding hydrogens is 258 g/mol. The van der Waals surface area contributed by atoms with Gasteiger partial charge in [-0.2, -0.15) is 0 Å². The van der Waals surface area contributed by atoms with E-state index >= 15 is 0 Å². The van der Waals surface area contributed by atoms with Gasteiger partial charge in [0, 0.05) is 11.6 Å². The Morgan fingerprint density at radius 3 is 2.85 bits per heavy atom. The van der Waals surface area contributed by atoms with Gasteiger partial charge in [0.15, 0.2) is 0 Å². The highest BCUT2D eigenvalue weighted by Gasteiger charge is 2.30. The number of benzene rings is 1. The quantitative estimate of drug-likeness (QED) is 0.864. The molecule has 5 nitrogen and oxygen atoms in total. The number of carboxylic acids is 1. The number of rotatable bonds is 5. The summed E-state index contributed by atoms with van der Waals surface area (Å²) in [4.78, 5) is 23.0. The van der Waals surface area contributed by atoms with E-state index in [2.05, 4.69) is 5.32 Å². The molecule has 20 heavy (non-hydrogen) atoms. The molecule has 2 rings (SSSR count). The van der Waals surface area contributed by atoms with Gasteiger partial charge in [0.1, 0.15) is 5.75 Å². The number of nitrogens with one attached hydrogen (secondary N) is 1. The van der Waals surface area contributed by atoms with Gasteiger partial charge in [0.25, 0.3) is 5.91 Å². The SMILES string of the molecule is CCOc1cccc(C(=O)N[C@@H]2CC[C@H](C(=O)O)C2)c1. The van der Waals surface area contributed by atoms with Crippen LogP contribution in [-0.2, 0) is 4.79 Å². The van der Waals surface area contributed by atoms with Gasteiger partial charge in [0.2, 0.25) is 0 Å². The van der Waals surface area contributed by atoms with E-state index in [1.807, 2.05) is 6.92 Å². The molecule has 1 aliphatic rings. The third kappa shape index (κ3) is 3.50. The largest absolute Gasteiger partial charge is 0.494 e. The predicted octanol–water partition coefficient (Wildman–Crippen LogP) is 2.07. The van der Waals surface area contributed by atoms with Crippen molar-refractivity contribution in [3.63, 3.8) is 0 Å². The fourth-order valence-corrected chi connectivity index (χ4v) is 2.50. The van der Waals surface area contributed by atoms with Crippen LogP contribution < -0.4 is 10.1 Å². The maximum Gasteiger partial charge on any atom is 0.306 e. The average Bonchev–Trinajstić information content (AvgIpc) is 2.88. The second-order valence-corrected chi connectivity index (χ2v) is 4.98. The molecule has 5 heteroatoms.